The second-order valence-electron chi connectivity index (χ2n) is 8.23. The van der Waals surface area contributed by atoms with Crippen LogP contribution in [0.25, 0.3) is 0 Å². The molecule has 1 aliphatic rings. The third kappa shape index (κ3) is 8.01. The topological polar surface area (TPSA) is 96.1 Å². The number of pyridine rings is 1. The zero-order chi connectivity index (χ0) is 20.8. The Morgan fingerprint density at radius 3 is 1.85 bits per heavy atom. The number of aromatic nitrogens is 1. The Balaban J connectivity index is 0. The molecule has 0 aliphatic carbocycles. The highest BCUT2D eigenvalue weighted by atomic mass is 17.1. The van der Waals surface area contributed by atoms with E-state index >= 15 is 0 Å². The minimum absolute atomic E-state index is 0. The van der Waals surface area contributed by atoms with Crippen LogP contribution in [0.1, 0.15) is 55.5 Å². The van der Waals surface area contributed by atoms with Crippen LogP contribution in [0.2, 0.25) is 0 Å². The number of nitrogens with zero attached hydrogens (tertiary/aromatic N) is 1. The van der Waals surface area contributed by atoms with Gasteiger partial charge < -0.3 is 19.8 Å². The van der Waals surface area contributed by atoms with E-state index in [9.17, 15) is 0 Å². The quantitative estimate of drug-likeness (QED) is 0.468. The standard InChI is InChI=1S/C13H20BNO3.C4H11N.CH4O2.H2/c1-9-7-10(8-15-11(9)16-6)14-17-12(2,3)13(4,5)18-14;1-4(2,3)5;1-3-2;/h7-8H,1-6H3;5H2,1-3H3;2H,1H3;1H. The van der Waals surface area contributed by atoms with Crippen LogP contribution in [0.5, 0.6) is 5.88 Å². The Bertz CT molecular complexity index is 543. The van der Waals surface area contributed by atoms with Crippen molar-refractivity contribution in [3.8, 4) is 5.88 Å². The fraction of sp³-hybridized carbons (Fsp3) is 0.722. The average Bonchev–Trinajstić information content (AvgIpc) is 2.66. The Morgan fingerprint density at radius 2 is 1.54 bits per heavy atom. The molecule has 1 aromatic heterocycles. The van der Waals surface area contributed by atoms with E-state index in [1.54, 1.807) is 13.3 Å². The van der Waals surface area contributed by atoms with Crippen LogP contribution in [-0.2, 0) is 14.2 Å². The second kappa shape index (κ2) is 9.66. The lowest BCUT2D eigenvalue weighted by molar-refractivity contribution is -0.214. The second-order valence-corrected chi connectivity index (χ2v) is 8.23. The Morgan fingerprint density at radius 1 is 1.15 bits per heavy atom. The van der Waals surface area contributed by atoms with Crippen molar-refractivity contribution in [3.63, 3.8) is 0 Å². The smallest absolute Gasteiger partial charge is 0.481 e. The lowest BCUT2D eigenvalue weighted by Crippen LogP contribution is -2.41. The zero-order valence-corrected chi connectivity index (χ0v) is 17.8. The summed E-state index contributed by atoms with van der Waals surface area (Å²) >= 11 is 0. The minimum atomic E-state index is -0.368. The molecular formula is C18H37BN2O5. The highest BCUT2D eigenvalue weighted by Gasteiger charge is 2.51. The molecule has 1 fully saturated rings. The summed E-state index contributed by atoms with van der Waals surface area (Å²) in [6, 6.07) is 1.99. The van der Waals surface area contributed by atoms with E-state index in [1.165, 1.54) is 7.11 Å². The van der Waals surface area contributed by atoms with Crippen LogP contribution in [-0.4, -0.2) is 48.3 Å². The van der Waals surface area contributed by atoms with Crippen molar-refractivity contribution in [1.82, 2.24) is 4.98 Å². The van der Waals surface area contributed by atoms with Gasteiger partial charge in [-0.25, -0.2) is 9.87 Å². The average molecular weight is 372 g/mol. The first-order valence-corrected chi connectivity index (χ1v) is 8.51. The first-order chi connectivity index (χ1) is 11.7. The Labute approximate surface area is 159 Å². The first kappa shape index (κ1) is 24.8. The minimum Gasteiger partial charge on any atom is -0.481 e. The molecule has 2 heterocycles. The molecule has 0 unspecified atom stereocenters. The highest BCUT2D eigenvalue weighted by molar-refractivity contribution is 6.62. The number of ether oxygens (including phenoxy) is 1. The van der Waals surface area contributed by atoms with Crippen LogP contribution in [0.4, 0.5) is 0 Å². The third-order valence-electron chi connectivity index (χ3n) is 3.77. The van der Waals surface area contributed by atoms with Crippen molar-refractivity contribution in [3.05, 3.63) is 17.8 Å². The molecular weight excluding hydrogens is 335 g/mol. The fourth-order valence-electron chi connectivity index (χ4n) is 1.91. The summed E-state index contributed by atoms with van der Waals surface area (Å²) in [6.45, 7) is 16.0. The summed E-state index contributed by atoms with van der Waals surface area (Å²) in [6.07, 6.45) is 1.74. The van der Waals surface area contributed by atoms with Crippen LogP contribution in [0, 0.1) is 6.92 Å². The maximum absolute atomic E-state index is 7.07. The monoisotopic (exact) mass is 372 g/mol. The van der Waals surface area contributed by atoms with E-state index < -0.39 is 0 Å². The van der Waals surface area contributed by atoms with Crippen molar-refractivity contribution in [2.75, 3.05) is 14.2 Å². The predicted molar refractivity (Wildman–Crippen MR) is 107 cm³/mol. The largest absolute Gasteiger partial charge is 0.496 e. The molecule has 0 radical (unpaired) electrons. The lowest BCUT2D eigenvalue weighted by Gasteiger charge is -2.32. The van der Waals surface area contributed by atoms with Gasteiger partial charge in [-0.05, 0) is 55.4 Å². The SMILES string of the molecule is CC(C)(C)N.COO.COc1ncc(B2OC(C)(C)C(C)(C)O2)cc1C.[HH]. The molecule has 8 heteroatoms. The van der Waals surface area contributed by atoms with Gasteiger partial charge in [-0.1, -0.05) is 6.07 Å². The maximum atomic E-state index is 7.07. The van der Waals surface area contributed by atoms with Gasteiger partial charge in [-0.3, -0.25) is 5.26 Å². The molecule has 0 amide bonds. The van der Waals surface area contributed by atoms with E-state index in [2.05, 4.69) is 9.87 Å². The van der Waals surface area contributed by atoms with Gasteiger partial charge in [0.1, 0.15) is 0 Å². The molecule has 1 saturated heterocycles. The van der Waals surface area contributed by atoms with Crippen LogP contribution in [0.3, 0.4) is 0 Å². The first-order valence-electron chi connectivity index (χ1n) is 8.51. The van der Waals surface area contributed by atoms with Gasteiger partial charge in [-0.2, -0.15) is 0 Å². The molecule has 0 atom stereocenters. The molecule has 7 nitrogen and oxygen atoms in total. The molecule has 152 valence electrons. The summed E-state index contributed by atoms with van der Waals surface area (Å²) in [5.41, 5.74) is 6.60. The van der Waals surface area contributed by atoms with Crippen molar-refractivity contribution in [2.24, 2.45) is 5.73 Å². The summed E-state index contributed by atoms with van der Waals surface area (Å²) in [4.78, 5) is 7.50. The molecule has 1 aromatic rings. The van der Waals surface area contributed by atoms with Crippen molar-refractivity contribution in [2.45, 2.75) is 72.1 Å². The van der Waals surface area contributed by atoms with Crippen molar-refractivity contribution < 1.29 is 25.6 Å². The number of nitrogens with two attached hydrogens (primary N) is 1. The predicted octanol–water partition coefficient (Wildman–Crippen LogP) is 2.79. The molecule has 0 spiro atoms. The van der Waals surface area contributed by atoms with Crippen molar-refractivity contribution >= 4 is 12.6 Å². The Hall–Kier alpha value is -1.19. The number of aryl methyl sites for hydroxylation is 1. The molecule has 2 rings (SSSR count). The lowest BCUT2D eigenvalue weighted by atomic mass is 9.80. The van der Waals surface area contributed by atoms with Gasteiger partial charge in [0, 0.05) is 24.2 Å². The molecule has 3 N–H and O–H groups in total. The van der Waals surface area contributed by atoms with Gasteiger partial charge in [0.15, 0.2) is 0 Å². The van der Waals surface area contributed by atoms with E-state index in [1.807, 2.05) is 61.5 Å². The molecule has 1 aliphatic heterocycles. The summed E-state index contributed by atoms with van der Waals surface area (Å²) in [5.74, 6) is 0.635. The Kier molecular flexibility index (Phi) is 9.22. The van der Waals surface area contributed by atoms with Crippen molar-refractivity contribution in [1.29, 1.82) is 0 Å². The molecule has 26 heavy (non-hydrogen) atoms. The third-order valence-corrected chi connectivity index (χ3v) is 3.77. The van der Waals surface area contributed by atoms with E-state index in [0.29, 0.717) is 5.88 Å². The van der Waals surface area contributed by atoms with Crippen LogP contribution >= 0.6 is 0 Å². The normalized spacial score (nSPS) is 17.6. The van der Waals surface area contributed by atoms with Gasteiger partial charge >= 0.3 is 7.12 Å². The number of hydrogen-bond donors (Lipinski definition) is 2. The summed E-state index contributed by atoms with van der Waals surface area (Å²) in [7, 11) is 2.43. The summed E-state index contributed by atoms with van der Waals surface area (Å²) in [5, 5.41) is 7.07. The van der Waals surface area contributed by atoms with Crippen LogP contribution in [0.15, 0.2) is 12.3 Å². The van der Waals surface area contributed by atoms with Gasteiger partial charge in [0.25, 0.3) is 0 Å². The number of hydrogen-bond acceptors (Lipinski definition) is 7. The number of methoxy groups -OCH3 is 1. The van der Waals surface area contributed by atoms with E-state index in [-0.39, 0.29) is 25.3 Å². The summed E-state index contributed by atoms with van der Waals surface area (Å²) < 4.78 is 17.1. The van der Waals surface area contributed by atoms with Gasteiger partial charge in [0.2, 0.25) is 5.88 Å². The number of rotatable bonds is 2. The highest BCUT2D eigenvalue weighted by Crippen LogP contribution is 2.36. The molecule has 0 bridgehead atoms. The van der Waals surface area contributed by atoms with Crippen LogP contribution < -0.4 is 15.9 Å². The van der Waals surface area contributed by atoms with E-state index in [0.717, 1.165) is 11.0 Å². The molecule has 0 aromatic carbocycles. The maximum Gasteiger partial charge on any atom is 0.496 e. The van der Waals surface area contributed by atoms with E-state index in [4.69, 9.17) is 25.0 Å². The fourth-order valence-corrected chi connectivity index (χ4v) is 1.91. The zero-order valence-electron chi connectivity index (χ0n) is 17.8. The van der Waals surface area contributed by atoms with Gasteiger partial charge in [-0.15, -0.1) is 0 Å². The van der Waals surface area contributed by atoms with Gasteiger partial charge in [0.05, 0.1) is 25.4 Å². The molecule has 0 saturated carbocycles.